The molecular weight excluding hydrogens is 1210 g/mol. The van der Waals surface area contributed by atoms with Gasteiger partial charge in [-0.05, 0) is 182 Å². The zero-order valence-electron chi connectivity index (χ0n) is 48.8. The number of hydrogen-bond donors (Lipinski definition) is 4. The van der Waals surface area contributed by atoms with Crippen LogP contribution in [0.15, 0.2) is 153 Å². The Hall–Kier alpha value is -8.20. The van der Waals surface area contributed by atoms with E-state index in [4.69, 9.17) is 59.7 Å². The Morgan fingerprint density at radius 1 is 0.494 bits per heavy atom. The van der Waals surface area contributed by atoms with E-state index in [1.165, 1.54) is 38.5 Å². The third kappa shape index (κ3) is 13.4. The van der Waals surface area contributed by atoms with E-state index in [-0.39, 0.29) is 35.0 Å². The van der Waals surface area contributed by atoms with Gasteiger partial charge in [-0.2, -0.15) is 0 Å². The van der Waals surface area contributed by atoms with Crippen LogP contribution in [0.3, 0.4) is 0 Å². The standard InChI is InChI=1S/C23H23ClN4O2.C22H19Cl3N4O2.C22H22N4O2/c1-27-11-4-5-17(27)10-12-28-19-7-3-2-6-18(19)25-23(28)26-22(29)21-14-15-13-16(24)8-9-20(15)30-21;23-14-3-4-19-13(9-14)10-20(31-19)21(30)27-22-26-17-11-15(24)16(25)12-18(17)29(22)8-7-28-5-1-2-6-28;27-21(20-14-15-6-1-4-10-19(15)28-20)25-22-24-17-8-2-3-9-18(17)26(22)13-11-16-7-5-12-23-16/h2-3,6-9,13-14,17H,4-5,10-12H2,1H3,(H,25,26,29);3-4,9-12H,1-2,5-8H2,(H,26,27,30);1-4,6,8-10,14,16,23H,5,7,11-13H2,(H,24,25,27). The zero-order valence-corrected chi connectivity index (χ0v) is 51.8. The maximum absolute atomic E-state index is 12.9. The normalized spacial score (nSPS) is 16.2. The lowest BCUT2D eigenvalue weighted by atomic mass is 10.1. The number of benzene rings is 6. The lowest BCUT2D eigenvalue weighted by Crippen LogP contribution is -2.26. The fraction of sp³-hybridized carbons (Fsp3) is 0.284. The Labute approximate surface area is 532 Å². The van der Waals surface area contributed by atoms with Crippen LogP contribution < -0.4 is 21.3 Å². The molecule has 9 heterocycles. The molecule has 3 saturated heterocycles. The molecule has 22 heteroatoms. The highest BCUT2D eigenvalue weighted by Crippen LogP contribution is 2.33. The molecule has 4 N–H and O–H groups in total. The van der Waals surface area contributed by atoms with Crippen LogP contribution in [0.25, 0.3) is 66.0 Å². The van der Waals surface area contributed by atoms with Crippen LogP contribution in [0.5, 0.6) is 0 Å². The van der Waals surface area contributed by atoms with Gasteiger partial charge in [0.15, 0.2) is 17.3 Å². The molecule has 6 aromatic heterocycles. The predicted octanol–water partition coefficient (Wildman–Crippen LogP) is 15.4. The van der Waals surface area contributed by atoms with E-state index in [1.54, 1.807) is 66.7 Å². The molecule has 3 amide bonds. The SMILES string of the molecule is CN1CCCC1CCn1c(NC(=O)c2cc3cc(Cl)ccc3o2)nc2ccccc21.O=C(Nc1nc2cc(Cl)c(Cl)cc2n1CCN1CCCC1)c1cc2cc(Cl)ccc2o1.O=C(Nc1nc2ccccc2n1CCC1CCCN1)c1cc2ccccc2o1. The van der Waals surface area contributed by atoms with E-state index < -0.39 is 0 Å². The average Bonchev–Trinajstić information content (AvgIpc) is 1.82. The predicted molar refractivity (Wildman–Crippen MR) is 353 cm³/mol. The Kier molecular flexibility index (Phi) is 17.8. The minimum Gasteiger partial charge on any atom is -0.451 e. The number of furan rings is 3. The van der Waals surface area contributed by atoms with Crippen LogP contribution in [0, 0.1) is 0 Å². The number of hydrogen-bond acceptors (Lipinski definition) is 12. The van der Waals surface area contributed by atoms with E-state index in [2.05, 4.69) is 62.2 Å². The molecule has 0 spiro atoms. The number of nitrogens with zero attached hydrogens (tertiary/aromatic N) is 8. The van der Waals surface area contributed by atoms with Gasteiger partial charge in [0, 0.05) is 64.5 Å². The van der Waals surface area contributed by atoms with Gasteiger partial charge < -0.3 is 42.1 Å². The van der Waals surface area contributed by atoms with Gasteiger partial charge >= 0.3 is 0 Å². The molecule has 2 atom stereocenters. The minimum absolute atomic E-state index is 0.187. The Morgan fingerprint density at radius 2 is 1.00 bits per heavy atom. The van der Waals surface area contributed by atoms with Crippen molar-refractivity contribution in [3.8, 4) is 0 Å². The topological polar surface area (TPSA) is 199 Å². The number of imidazole rings is 3. The molecule has 3 aliphatic rings. The van der Waals surface area contributed by atoms with Crippen molar-refractivity contribution in [2.24, 2.45) is 0 Å². The second-order valence-corrected chi connectivity index (χ2v) is 24.5. The van der Waals surface area contributed by atoms with E-state index in [1.807, 2.05) is 77.4 Å². The fourth-order valence-corrected chi connectivity index (χ4v) is 12.9. The number of nitrogens with one attached hydrogen (secondary N) is 4. The smallest absolute Gasteiger partial charge is 0.293 e. The van der Waals surface area contributed by atoms with Gasteiger partial charge in [-0.25, -0.2) is 15.0 Å². The maximum Gasteiger partial charge on any atom is 0.293 e. The highest BCUT2D eigenvalue weighted by molar-refractivity contribution is 6.42. The van der Waals surface area contributed by atoms with Gasteiger partial charge in [-0.15, -0.1) is 0 Å². The fourth-order valence-electron chi connectivity index (χ4n) is 12.2. The lowest BCUT2D eigenvalue weighted by molar-refractivity contribution is 0.0990. The number of aromatic nitrogens is 6. The van der Waals surface area contributed by atoms with Crippen molar-refractivity contribution in [1.29, 1.82) is 0 Å². The Bertz CT molecular complexity index is 4540. The van der Waals surface area contributed by atoms with E-state index in [0.717, 1.165) is 102 Å². The number of para-hydroxylation sites is 5. The summed E-state index contributed by atoms with van der Waals surface area (Å²) < 4.78 is 23.3. The summed E-state index contributed by atoms with van der Waals surface area (Å²) in [7, 11) is 2.18. The number of carbonyl (C=O) groups excluding carboxylic acids is 3. The zero-order chi connectivity index (χ0) is 61.1. The highest BCUT2D eigenvalue weighted by atomic mass is 35.5. The number of fused-ring (bicyclic) bond motifs is 6. The number of carbonyl (C=O) groups is 3. The van der Waals surface area contributed by atoms with Gasteiger partial charge in [0.05, 0.1) is 43.1 Å². The van der Waals surface area contributed by atoms with Crippen molar-refractivity contribution >= 4 is 148 Å². The Balaban J connectivity index is 0.000000123. The molecule has 12 aromatic rings. The van der Waals surface area contributed by atoms with Crippen LogP contribution in [0.4, 0.5) is 17.8 Å². The van der Waals surface area contributed by atoms with Crippen LogP contribution in [-0.4, -0.2) is 108 Å². The number of amides is 3. The van der Waals surface area contributed by atoms with E-state index in [0.29, 0.717) is 78.8 Å². The molecule has 89 heavy (non-hydrogen) atoms. The van der Waals surface area contributed by atoms with Crippen LogP contribution in [0.2, 0.25) is 20.1 Å². The van der Waals surface area contributed by atoms with Gasteiger partial charge in [-0.3, -0.25) is 30.3 Å². The first-order valence-corrected chi connectivity index (χ1v) is 31.6. The summed E-state index contributed by atoms with van der Waals surface area (Å²) in [5, 5.41) is 16.8. The van der Waals surface area contributed by atoms with Crippen molar-refractivity contribution in [2.45, 2.75) is 83.1 Å². The summed E-state index contributed by atoms with van der Waals surface area (Å²) in [6.07, 6.45) is 9.34. The molecule has 3 fully saturated rings. The molecule has 0 saturated carbocycles. The molecule has 6 aromatic carbocycles. The van der Waals surface area contributed by atoms with Crippen LogP contribution in [-0.2, 0) is 19.6 Å². The third-order valence-electron chi connectivity index (χ3n) is 16.9. The number of halogens is 4. The summed E-state index contributed by atoms with van der Waals surface area (Å²) >= 11 is 24.5. The molecule has 0 bridgehead atoms. The second-order valence-electron chi connectivity index (χ2n) is 22.8. The number of aryl methyl sites for hydroxylation is 2. The minimum atomic E-state index is -0.387. The monoisotopic (exact) mass is 1270 g/mol. The highest BCUT2D eigenvalue weighted by Gasteiger charge is 2.25. The molecule has 0 aliphatic carbocycles. The van der Waals surface area contributed by atoms with Gasteiger partial charge in [-0.1, -0.05) is 88.9 Å². The van der Waals surface area contributed by atoms with Crippen molar-refractivity contribution in [1.82, 2.24) is 43.8 Å². The molecule has 3 aliphatic heterocycles. The van der Waals surface area contributed by atoms with E-state index in [9.17, 15) is 14.4 Å². The van der Waals surface area contributed by atoms with E-state index >= 15 is 0 Å². The summed E-state index contributed by atoms with van der Waals surface area (Å²) in [4.78, 5) is 57.4. The van der Waals surface area contributed by atoms with Gasteiger partial charge in [0.25, 0.3) is 17.7 Å². The van der Waals surface area contributed by atoms with Crippen LogP contribution in [0.1, 0.15) is 83.0 Å². The van der Waals surface area contributed by atoms with Gasteiger partial charge in [0.2, 0.25) is 17.8 Å². The first-order chi connectivity index (χ1) is 43.3. The number of anilines is 3. The third-order valence-corrected chi connectivity index (χ3v) is 18.1. The molecular formula is C67H64Cl4N12O6. The van der Waals surface area contributed by atoms with Crippen LogP contribution >= 0.6 is 46.4 Å². The lowest BCUT2D eigenvalue weighted by Gasteiger charge is -2.20. The van der Waals surface area contributed by atoms with Crippen molar-refractivity contribution in [2.75, 3.05) is 55.7 Å². The average molecular weight is 1280 g/mol. The quantitative estimate of drug-likeness (QED) is 0.0759. The second kappa shape index (κ2) is 26.5. The summed E-state index contributed by atoms with van der Waals surface area (Å²) in [6.45, 7) is 7.53. The van der Waals surface area contributed by atoms with Crippen molar-refractivity contribution < 1.29 is 27.6 Å². The van der Waals surface area contributed by atoms with Crippen molar-refractivity contribution in [3.63, 3.8) is 0 Å². The summed E-state index contributed by atoms with van der Waals surface area (Å²) in [5.74, 6) is 1.25. The Morgan fingerprint density at radius 3 is 1.55 bits per heavy atom. The first-order valence-electron chi connectivity index (χ1n) is 30.1. The molecule has 456 valence electrons. The molecule has 0 radical (unpaired) electrons. The van der Waals surface area contributed by atoms with Crippen molar-refractivity contribution in [3.05, 3.63) is 177 Å². The first kappa shape index (κ1) is 59.7. The van der Waals surface area contributed by atoms with Gasteiger partial charge in [0.1, 0.15) is 16.7 Å². The largest absolute Gasteiger partial charge is 0.451 e. The molecule has 2 unspecified atom stereocenters. The summed E-state index contributed by atoms with van der Waals surface area (Å²) in [5.41, 5.74) is 7.20. The maximum atomic E-state index is 12.9. The number of rotatable bonds is 15. The summed E-state index contributed by atoms with van der Waals surface area (Å²) in [6, 6.07) is 43.8. The molecule has 15 rings (SSSR count). The molecule has 18 nitrogen and oxygen atoms in total. The number of likely N-dealkylation sites (tertiary alicyclic amines) is 2.